The molecule has 3 heteroatoms. The molecule has 1 atom stereocenters. The van der Waals surface area contributed by atoms with Gasteiger partial charge in [-0.1, -0.05) is 117 Å². The van der Waals surface area contributed by atoms with Crippen LogP contribution in [0.1, 0.15) is 136 Å². The van der Waals surface area contributed by atoms with E-state index < -0.39 is 0 Å². The minimum Gasteiger partial charge on any atom is -0.465 e. The Balaban J connectivity index is 3.18. The first-order valence-electron chi connectivity index (χ1n) is 12.6. The fourth-order valence-corrected chi connectivity index (χ4v) is 3.52. The number of esters is 1. The SMILES string of the molecule is CCCCCCCCCCCCCCCCCCNC(C)C(=O)OCCCC. The van der Waals surface area contributed by atoms with Crippen molar-refractivity contribution in [2.75, 3.05) is 13.2 Å². The van der Waals surface area contributed by atoms with Crippen LogP contribution in [0.4, 0.5) is 0 Å². The second-order valence-corrected chi connectivity index (χ2v) is 8.50. The summed E-state index contributed by atoms with van der Waals surface area (Å²) < 4.78 is 5.23. The smallest absolute Gasteiger partial charge is 0.322 e. The van der Waals surface area contributed by atoms with Crippen molar-refractivity contribution in [1.29, 1.82) is 0 Å². The minimum atomic E-state index is -0.173. The van der Waals surface area contributed by atoms with Crippen molar-refractivity contribution in [3.05, 3.63) is 0 Å². The third-order valence-corrected chi connectivity index (χ3v) is 5.58. The van der Waals surface area contributed by atoms with Gasteiger partial charge in [-0.3, -0.25) is 4.79 Å². The Bertz CT molecular complexity index is 320. The predicted octanol–water partition coefficient (Wildman–Crippen LogP) is 7.57. The summed E-state index contributed by atoms with van der Waals surface area (Å²) in [6.07, 6.45) is 24.3. The van der Waals surface area contributed by atoms with Crippen LogP contribution in [0.3, 0.4) is 0 Å². The van der Waals surface area contributed by atoms with E-state index in [1.54, 1.807) is 0 Å². The highest BCUT2D eigenvalue weighted by Crippen LogP contribution is 2.13. The summed E-state index contributed by atoms with van der Waals surface area (Å²) in [7, 11) is 0. The number of ether oxygens (including phenoxy) is 1. The molecule has 28 heavy (non-hydrogen) atoms. The molecule has 0 fully saturated rings. The number of unbranched alkanes of at least 4 members (excludes halogenated alkanes) is 16. The molecular formula is C25H51NO2. The number of nitrogens with one attached hydrogen (secondary N) is 1. The summed E-state index contributed by atoms with van der Waals surface area (Å²) in [6.45, 7) is 7.77. The van der Waals surface area contributed by atoms with Gasteiger partial charge in [-0.15, -0.1) is 0 Å². The van der Waals surface area contributed by atoms with Gasteiger partial charge in [0.15, 0.2) is 0 Å². The van der Waals surface area contributed by atoms with Gasteiger partial charge in [-0.25, -0.2) is 0 Å². The average Bonchev–Trinajstić information content (AvgIpc) is 2.70. The maximum absolute atomic E-state index is 11.7. The van der Waals surface area contributed by atoms with Crippen molar-refractivity contribution >= 4 is 5.97 Å². The third-order valence-electron chi connectivity index (χ3n) is 5.58. The average molecular weight is 398 g/mol. The molecule has 0 heterocycles. The number of carbonyl (C=O) groups is 1. The molecule has 1 N–H and O–H groups in total. The van der Waals surface area contributed by atoms with E-state index in [0.717, 1.165) is 25.8 Å². The van der Waals surface area contributed by atoms with Crippen molar-refractivity contribution in [2.24, 2.45) is 0 Å². The molecule has 0 radical (unpaired) electrons. The molecule has 0 aliphatic heterocycles. The fraction of sp³-hybridized carbons (Fsp3) is 0.960. The number of carbonyl (C=O) groups excluding carboxylic acids is 1. The lowest BCUT2D eigenvalue weighted by Crippen LogP contribution is -2.36. The van der Waals surface area contributed by atoms with E-state index in [0.29, 0.717) is 6.61 Å². The van der Waals surface area contributed by atoms with E-state index in [1.165, 1.54) is 96.3 Å². The van der Waals surface area contributed by atoms with Gasteiger partial charge in [0.2, 0.25) is 0 Å². The quantitative estimate of drug-likeness (QED) is 0.151. The zero-order valence-corrected chi connectivity index (χ0v) is 19.5. The first-order valence-corrected chi connectivity index (χ1v) is 12.6. The molecule has 0 aromatic rings. The summed E-state index contributed by atoms with van der Waals surface area (Å²) in [5, 5.41) is 3.28. The van der Waals surface area contributed by atoms with Gasteiger partial charge in [0.1, 0.15) is 6.04 Å². The van der Waals surface area contributed by atoms with Crippen molar-refractivity contribution in [2.45, 2.75) is 142 Å². The van der Waals surface area contributed by atoms with Gasteiger partial charge in [-0.2, -0.15) is 0 Å². The van der Waals surface area contributed by atoms with Crippen LogP contribution in [0, 0.1) is 0 Å². The van der Waals surface area contributed by atoms with Crippen molar-refractivity contribution in [3.63, 3.8) is 0 Å². The second-order valence-electron chi connectivity index (χ2n) is 8.50. The Morgan fingerprint density at radius 2 is 1.04 bits per heavy atom. The lowest BCUT2D eigenvalue weighted by Gasteiger charge is -2.13. The van der Waals surface area contributed by atoms with Crippen LogP contribution in [0.5, 0.6) is 0 Å². The molecule has 0 saturated heterocycles. The molecule has 0 rings (SSSR count). The van der Waals surface area contributed by atoms with Crippen LogP contribution >= 0.6 is 0 Å². The molecule has 0 aromatic carbocycles. The highest BCUT2D eigenvalue weighted by molar-refractivity contribution is 5.75. The molecule has 0 aliphatic carbocycles. The predicted molar refractivity (Wildman–Crippen MR) is 123 cm³/mol. The monoisotopic (exact) mass is 397 g/mol. The van der Waals surface area contributed by atoms with Crippen molar-refractivity contribution in [1.82, 2.24) is 5.32 Å². The van der Waals surface area contributed by atoms with Gasteiger partial charge in [-0.05, 0) is 26.3 Å². The van der Waals surface area contributed by atoms with E-state index >= 15 is 0 Å². The molecule has 0 spiro atoms. The summed E-state index contributed by atoms with van der Waals surface area (Å²) in [5.41, 5.74) is 0. The molecule has 168 valence electrons. The Morgan fingerprint density at radius 1 is 0.643 bits per heavy atom. The summed E-state index contributed by atoms with van der Waals surface area (Å²) in [5.74, 6) is -0.107. The van der Waals surface area contributed by atoms with Crippen molar-refractivity contribution < 1.29 is 9.53 Å². The zero-order chi connectivity index (χ0) is 20.7. The molecule has 0 aliphatic rings. The topological polar surface area (TPSA) is 38.3 Å². The molecule has 0 saturated carbocycles. The van der Waals surface area contributed by atoms with E-state index in [9.17, 15) is 4.79 Å². The van der Waals surface area contributed by atoms with Crippen LogP contribution in [-0.4, -0.2) is 25.2 Å². The number of rotatable bonds is 22. The maximum atomic E-state index is 11.7. The molecule has 0 aromatic heterocycles. The number of hydrogen-bond acceptors (Lipinski definition) is 3. The van der Waals surface area contributed by atoms with E-state index in [4.69, 9.17) is 4.74 Å². The Morgan fingerprint density at radius 3 is 1.46 bits per heavy atom. The van der Waals surface area contributed by atoms with Gasteiger partial charge >= 0.3 is 5.97 Å². The van der Waals surface area contributed by atoms with E-state index in [1.807, 2.05) is 6.92 Å². The lowest BCUT2D eigenvalue weighted by molar-refractivity contribution is -0.145. The summed E-state index contributed by atoms with van der Waals surface area (Å²) >= 11 is 0. The number of hydrogen-bond donors (Lipinski definition) is 1. The van der Waals surface area contributed by atoms with Crippen LogP contribution in [-0.2, 0) is 9.53 Å². The normalized spacial score (nSPS) is 12.2. The van der Waals surface area contributed by atoms with Gasteiger partial charge in [0, 0.05) is 0 Å². The summed E-state index contributed by atoms with van der Waals surface area (Å²) in [6, 6.07) is -0.173. The second kappa shape index (κ2) is 22.7. The first kappa shape index (κ1) is 27.4. The van der Waals surface area contributed by atoms with Crippen LogP contribution in [0.25, 0.3) is 0 Å². The standard InChI is InChI=1S/C25H51NO2/c1-4-6-8-9-10-11-12-13-14-15-16-17-18-19-20-21-22-26-24(3)25(27)28-23-7-5-2/h24,26H,4-23H2,1-3H3. The zero-order valence-electron chi connectivity index (χ0n) is 19.5. The Kier molecular flexibility index (Phi) is 22.3. The minimum absolute atomic E-state index is 0.107. The molecular weight excluding hydrogens is 346 g/mol. The molecule has 0 amide bonds. The molecule has 0 bridgehead atoms. The molecule has 3 nitrogen and oxygen atoms in total. The summed E-state index contributed by atoms with van der Waals surface area (Å²) in [4.78, 5) is 11.7. The van der Waals surface area contributed by atoms with E-state index in [-0.39, 0.29) is 12.0 Å². The van der Waals surface area contributed by atoms with Crippen LogP contribution in [0.2, 0.25) is 0 Å². The van der Waals surface area contributed by atoms with Gasteiger partial charge in [0.25, 0.3) is 0 Å². The highest BCUT2D eigenvalue weighted by atomic mass is 16.5. The van der Waals surface area contributed by atoms with Crippen LogP contribution in [0.15, 0.2) is 0 Å². The third kappa shape index (κ3) is 20.2. The van der Waals surface area contributed by atoms with E-state index in [2.05, 4.69) is 19.2 Å². The maximum Gasteiger partial charge on any atom is 0.322 e. The lowest BCUT2D eigenvalue weighted by atomic mass is 10.0. The Hall–Kier alpha value is -0.570. The fourth-order valence-electron chi connectivity index (χ4n) is 3.52. The van der Waals surface area contributed by atoms with Gasteiger partial charge in [0.05, 0.1) is 6.61 Å². The largest absolute Gasteiger partial charge is 0.465 e. The van der Waals surface area contributed by atoms with Crippen molar-refractivity contribution in [3.8, 4) is 0 Å². The molecule has 1 unspecified atom stereocenters. The van der Waals surface area contributed by atoms with Crippen LogP contribution < -0.4 is 5.32 Å². The highest BCUT2D eigenvalue weighted by Gasteiger charge is 2.12. The van der Waals surface area contributed by atoms with Gasteiger partial charge < -0.3 is 10.1 Å². The first-order chi connectivity index (χ1) is 13.7. The Labute approximate surface area is 176 Å².